The maximum absolute atomic E-state index is 11.8. The van der Waals surface area contributed by atoms with Gasteiger partial charge in [-0.2, -0.15) is 0 Å². The minimum Gasteiger partial charge on any atom is -0.292 e. The number of rotatable bonds is 3. The highest BCUT2D eigenvalue weighted by Crippen LogP contribution is 2.06. The molecule has 0 atom stereocenters. The Kier molecular flexibility index (Phi) is 3.54. The van der Waals surface area contributed by atoms with Crippen LogP contribution in [0, 0.1) is 0 Å². The van der Waals surface area contributed by atoms with Gasteiger partial charge >= 0.3 is 0 Å². The first-order valence-corrected chi connectivity index (χ1v) is 5.73. The van der Waals surface area contributed by atoms with Crippen molar-refractivity contribution in [3.8, 4) is 0 Å². The molecule has 0 fully saturated rings. The van der Waals surface area contributed by atoms with Crippen LogP contribution in [0.5, 0.6) is 0 Å². The molecular formula is C12H12ClN3O. The number of pyridine rings is 1. The standard InChI is InChI=1S/C12H12ClN3O/c1-2-11-15-10(13)7-12(17)16(11)8-9-3-5-14-6-4-9/h3-7H,2,8H2,1H3. The summed E-state index contributed by atoms with van der Waals surface area (Å²) in [6, 6.07) is 5.09. The van der Waals surface area contributed by atoms with Crippen molar-refractivity contribution in [3.63, 3.8) is 0 Å². The third-order valence-corrected chi connectivity index (χ3v) is 2.66. The average Bonchev–Trinajstić information content (AvgIpc) is 2.33. The zero-order chi connectivity index (χ0) is 12.3. The summed E-state index contributed by atoms with van der Waals surface area (Å²) >= 11 is 5.77. The fourth-order valence-corrected chi connectivity index (χ4v) is 1.82. The summed E-state index contributed by atoms with van der Waals surface area (Å²) in [7, 11) is 0. The van der Waals surface area contributed by atoms with Gasteiger partial charge in [0.25, 0.3) is 5.56 Å². The van der Waals surface area contributed by atoms with Crippen LogP contribution in [-0.4, -0.2) is 14.5 Å². The van der Waals surface area contributed by atoms with Gasteiger partial charge in [-0.3, -0.25) is 14.3 Å². The molecule has 5 heteroatoms. The molecule has 0 unspecified atom stereocenters. The van der Waals surface area contributed by atoms with Crippen LogP contribution >= 0.6 is 11.6 Å². The van der Waals surface area contributed by atoms with E-state index in [0.29, 0.717) is 18.8 Å². The van der Waals surface area contributed by atoms with E-state index < -0.39 is 0 Å². The Bertz CT molecular complexity index is 566. The lowest BCUT2D eigenvalue weighted by Gasteiger charge is -2.10. The average molecular weight is 250 g/mol. The van der Waals surface area contributed by atoms with E-state index >= 15 is 0 Å². The van der Waals surface area contributed by atoms with E-state index in [1.807, 2.05) is 19.1 Å². The minimum absolute atomic E-state index is 0.126. The van der Waals surface area contributed by atoms with E-state index in [1.165, 1.54) is 6.07 Å². The molecule has 0 saturated carbocycles. The lowest BCUT2D eigenvalue weighted by molar-refractivity contribution is 0.674. The molecule has 0 aromatic carbocycles. The molecule has 2 rings (SSSR count). The Balaban J connectivity index is 2.42. The van der Waals surface area contributed by atoms with Crippen molar-refractivity contribution in [3.05, 3.63) is 57.5 Å². The zero-order valence-electron chi connectivity index (χ0n) is 9.43. The van der Waals surface area contributed by atoms with Crippen LogP contribution in [0.2, 0.25) is 5.15 Å². The molecule has 17 heavy (non-hydrogen) atoms. The van der Waals surface area contributed by atoms with Gasteiger partial charge in [0.15, 0.2) is 0 Å². The molecule has 0 bridgehead atoms. The summed E-state index contributed by atoms with van der Waals surface area (Å²) < 4.78 is 1.63. The summed E-state index contributed by atoms with van der Waals surface area (Å²) in [5, 5.41) is 0.248. The van der Waals surface area contributed by atoms with Crippen molar-refractivity contribution < 1.29 is 0 Å². The molecule has 2 aromatic rings. The molecule has 2 heterocycles. The lowest BCUT2D eigenvalue weighted by Crippen LogP contribution is -2.24. The Morgan fingerprint density at radius 1 is 1.35 bits per heavy atom. The summed E-state index contributed by atoms with van der Waals surface area (Å²) in [4.78, 5) is 20.0. The van der Waals surface area contributed by atoms with Gasteiger partial charge in [0, 0.05) is 24.9 Å². The summed E-state index contributed by atoms with van der Waals surface area (Å²) in [5.74, 6) is 0.694. The van der Waals surface area contributed by atoms with E-state index in [-0.39, 0.29) is 10.7 Å². The third-order valence-electron chi connectivity index (χ3n) is 2.46. The van der Waals surface area contributed by atoms with Crippen molar-refractivity contribution in [2.24, 2.45) is 0 Å². The first-order valence-electron chi connectivity index (χ1n) is 5.36. The topological polar surface area (TPSA) is 47.8 Å². The van der Waals surface area contributed by atoms with Gasteiger partial charge in [-0.1, -0.05) is 18.5 Å². The highest BCUT2D eigenvalue weighted by atomic mass is 35.5. The molecule has 88 valence electrons. The van der Waals surface area contributed by atoms with Gasteiger partial charge in [-0.15, -0.1) is 0 Å². The Labute approximate surface area is 104 Å². The zero-order valence-corrected chi connectivity index (χ0v) is 10.2. The monoisotopic (exact) mass is 249 g/mol. The van der Waals surface area contributed by atoms with Gasteiger partial charge in [0.05, 0.1) is 6.54 Å². The number of halogens is 1. The maximum Gasteiger partial charge on any atom is 0.255 e. The van der Waals surface area contributed by atoms with Crippen molar-refractivity contribution in [1.82, 2.24) is 14.5 Å². The van der Waals surface area contributed by atoms with E-state index in [4.69, 9.17) is 11.6 Å². The van der Waals surface area contributed by atoms with Gasteiger partial charge < -0.3 is 0 Å². The van der Waals surface area contributed by atoms with E-state index in [2.05, 4.69) is 9.97 Å². The number of aryl methyl sites for hydroxylation is 1. The number of hydrogen-bond donors (Lipinski definition) is 0. The van der Waals surface area contributed by atoms with Crippen LogP contribution in [0.1, 0.15) is 18.3 Å². The molecule has 0 aliphatic heterocycles. The maximum atomic E-state index is 11.8. The number of aromatic nitrogens is 3. The molecule has 0 spiro atoms. The van der Waals surface area contributed by atoms with Crippen LogP contribution < -0.4 is 5.56 Å². The van der Waals surface area contributed by atoms with Crippen LogP contribution in [0.4, 0.5) is 0 Å². The second-order valence-electron chi connectivity index (χ2n) is 3.63. The summed E-state index contributed by atoms with van der Waals surface area (Å²) in [5.41, 5.74) is 0.889. The Morgan fingerprint density at radius 2 is 2.06 bits per heavy atom. The molecule has 0 radical (unpaired) electrons. The molecule has 0 amide bonds. The molecule has 2 aromatic heterocycles. The van der Waals surface area contributed by atoms with E-state index in [0.717, 1.165) is 5.56 Å². The molecule has 0 N–H and O–H groups in total. The van der Waals surface area contributed by atoms with Crippen molar-refractivity contribution >= 4 is 11.6 Å². The van der Waals surface area contributed by atoms with E-state index in [1.54, 1.807) is 17.0 Å². The first-order chi connectivity index (χ1) is 8.20. The van der Waals surface area contributed by atoms with Crippen molar-refractivity contribution in [1.29, 1.82) is 0 Å². The Morgan fingerprint density at radius 3 is 2.71 bits per heavy atom. The number of nitrogens with zero attached hydrogens (tertiary/aromatic N) is 3. The van der Waals surface area contributed by atoms with Crippen LogP contribution in [0.25, 0.3) is 0 Å². The van der Waals surface area contributed by atoms with Gasteiger partial charge in [0.2, 0.25) is 0 Å². The molecule has 0 aliphatic rings. The molecular weight excluding hydrogens is 238 g/mol. The van der Waals surface area contributed by atoms with Gasteiger partial charge in [-0.05, 0) is 17.7 Å². The number of hydrogen-bond acceptors (Lipinski definition) is 3. The van der Waals surface area contributed by atoms with Crippen molar-refractivity contribution in [2.45, 2.75) is 19.9 Å². The Hall–Kier alpha value is -1.68. The van der Waals surface area contributed by atoms with E-state index in [9.17, 15) is 4.79 Å². The quantitative estimate of drug-likeness (QED) is 0.781. The van der Waals surface area contributed by atoms with Crippen molar-refractivity contribution in [2.75, 3.05) is 0 Å². The lowest BCUT2D eigenvalue weighted by atomic mass is 10.2. The summed E-state index contributed by atoms with van der Waals surface area (Å²) in [6.45, 7) is 2.44. The highest BCUT2D eigenvalue weighted by molar-refractivity contribution is 6.29. The van der Waals surface area contributed by atoms with Crippen LogP contribution in [0.15, 0.2) is 35.4 Å². The van der Waals surface area contributed by atoms with Crippen LogP contribution in [0.3, 0.4) is 0 Å². The fourth-order valence-electron chi connectivity index (χ4n) is 1.63. The third kappa shape index (κ3) is 2.71. The molecule has 0 saturated heterocycles. The van der Waals surface area contributed by atoms with Gasteiger partial charge in [-0.25, -0.2) is 4.98 Å². The second-order valence-corrected chi connectivity index (χ2v) is 4.02. The summed E-state index contributed by atoms with van der Waals surface area (Å²) in [6.07, 6.45) is 4.07. The highest BCUT2D eigenvalue weighted by Gasteiger charge is 2.06. The predicted molar refractivity (Wildman–Crippen MR) is 66.2 cm³/mol. The minimum atomic E-state index is -0.126. The SMILES string of the molecule is CCc1nc(Cl)cc(=O)n1Cc1ccncc1. The largest absolute Gasteiger partial charge is 0.292 e. The van der Waals surface area contributed by atoms with Gasteiger partial charge in [0.1, 0.15) is 11.0 Å². The molecule has 0 aliphatic carbocycles. The smallest absolute Gasteiger partial charge is 0.255 e. The van der Waals surface area contributed by atoms with Crippen LogP contribution in [-0.2, 0) is 13.0 Å². The first kappa shape index (κ1) is 11.8. The second kappa shape index (κ2) is 5.10. The fraction of sp³-hybridized carbons (Fsp3) is 0.250. The predicted octanol–water partition coefficient (Wildman–Crippen LogP) is 1.90. The normalized spacial score (nSPS) is 10.5. The molecule has 4 nitrogen and oxygen atoms in total.